The highest BCUT2D eigenvalue weighted by Gasteiger charge is 2.35. The van der Waals surface area contributed by atoms with Gasteiger partial charge in [-0.15, -0.1) is 0 Å². The van der Waals surface area contributed by atoms with Crippen molar-refractivity contribution >= 4 is 27.5 Å². The molecule has 0 bridgehead atoms. The van der Waals surface area contributed by atoms with Gasteiger partial charge >= 0.3 is 0 Å². The monoisotopic (exact) mass is 689 g/mol. The highest BCUT2D eigenvalue weighted by Crippen LogP contribution is 2.33. The van der Waals surface area contributed by atoms with Crippen molar-refractivity contribution in [3.63, 3.8) is 0 Å². The van der Waals surface area contributed by atoms with Gasteiger partial charge in [-0.05, 0) is 78.4 Å². The lowest BCUT2D eigenvalue weighted by Crippen LogP contribution is -2.53. The molecule has 2 amide bonds. The van der Waals surface area contributed by atoms with E-state index in [0.717, 1.165) is 21.0 Å². The summed E-state index contributed by atoms with van der Waals surface area (Å²) in [4.78, 5) is 29.9. The van der Waals surface area contributed by atoms with Gasteiger partial charge in [-0.3, -0.25) is 13.9 Å². The first-order valence-corrected chi connectivity index (χ1v) is 17.4. The van der Waals surface area contributed by atoms with E-state index in [1.54, 1.807) is 24.3 Å². The standard InChI is InChI=1S/C38H44FN3O6S/c1-26(2)23-40-38(44)34(21-29-10-8-7-9-11-29)41(24-30-12-14-31(39)15-13-30)37(43)25-42(32-19-27(3)18-28(4)20-32)49(45,46)33-16-17-35(47-5)36(22-33)48-6/h7-20,22,26,34H,21,23-25H2,1-6H3,(H,40,44)/t34-/m1/s1. The number of nitrogens with zero attached hydrogens (tertiary/aromatic N) is 2. The molecule has 0 spiro atoms. The summed E-state index contributed by atoms with van der Waals surface area (Å²) in [5.74, 6) is -0.745. The molecule has 260 valence electrons. The molecule has 0 aliphatic carbocycles. The highest BCUT2D eigenvalue weighted by atomic mass is 32.2. The number of amides is 2. The molecule has 9 nitrogen and oxygen atoms in total. The topological polar surface area (TPSA) is 105 Å². The second-order valence-corrected chi connectivity index (χ2v) is 14.2. The van der Waals surface area contributed by atoms with E-state index in [1.807, 2.05) is 64.1 Å². The molecule has 1 N–H and O–H groups in total. The predicted octanol–water partition coefficient (Wildman–Crippen LogP) is 6.07. The van der Waals surface area contributed by atoms with Crippen molar-refractivity contribution in [3.8, 4) is 11.5 Å². The molecule has 11 heteroatoms. The summed E-state index contributed by atoms with van der Waals surface area (Å²) in [5.41, 5.74) is 3.27. The molecule has 1 atom stereocenters. The van der Waals surface area contributed by atoms with Crippen LogP contribution in [-0.4, -0.2) is 58.5 Å². The fraction of sp³-hybridized carbons (Fsp3) is 0.316. The van der Waals surface area contributed by atoms with Gasteiger partial charge in [0, 0.05) is 25.6 Å². The van der Waals surface area contributed by atoms with Crippen LogP contribution in [0, 0.1) is 25.6 Å². The molecule has 4 aromatic rings. The number of anilines is 1. The number of carbonyl (C=O) groups excluding carboxylic acids is 2. The zero-order valence-corrected chi connectivity index (χ0v) is 29.6. The zero-order chi connectivity index (χ0) is 35.7. The summed E-state index contributed by atoms with van der Waals surface area (Å²) < 4.78 is 54.7. The van der Waals surface area contributed by atoms with Gasteiger partial charge in [-0.1, -0.05) is 62.4 Å². The van der Waals surface area contributed by atoms with Crippen LogP contribution in [-0.2, 0) is 32.6 Å². The van der Waals surface area contributed by atoms with Crippen molar-refractivity contribution in [1.82, 2.24) is 10.2 Å². The predicted molar refractivity (Wildman–Crippen MR) is 189 cm³/mol. The van der Waals surface area contributed by atoms with Crippen molar-refractivity contribution in [3.05, 3.63) is 119 Å². The number of hydrogen-bond acceptors (Lipinski definition) is 6. The van der Waals surface area contributed by atoms with Crippen LogP contribution in [0.25, 0.3) is 0 Å². The Morgan fingerprint density at radius 1 is 0.816 bits per heavy atom. The quantitative estimate of drug-likeness (QED) is 0.163. The Kier molecular flexibility index (Phi) is 12.4. The summed E-state index contributed by atoms with van der Waals surface area (Å²) in [6.07, 6.45) is 0.170. The number of ether oxygens (including phenoxy) is 2. The van der Waals surface area contributed by atoms with Gasteiger partial charge in [0.1, 0.15) is 18.4 Å². The third kappa shape index (κ3) is 9.60. The van der Waals surface area contributed by atoms with Crippen LogP contribution in [0.4, 0.5) is 10.1 Å². The van der Waals surface area contributed by atoms with E-state index >= 15 is 0 Å². The van der Waals surface area contributed by atoms with Gasteiger partial charge in [-0.2, -0.15) is 0 Å². The normalized spacial score (nSPS) is 11.9. The fourth-order valence-electron chi connectivity index (χ4n) is 5.49. The summed E-state index contributed by atoms with van der Waals surface area (Å²) in [5, 5.41) is 2.96. The maximum atomic E-state index is 14.7. The first-order valence-electron chi connectivity index (χ1n) is 16.0. The maximum Gasteiger partial charge on any atom is 0.264 e. The summed E-state index contributed by atoms with van der Waals surface area (Å²) >= 11 is 0. The Labute approximate surface area is 288 Å². The number of aryl methyl sites for hydroxylation is 2. The molecule has 0 radical (unpaired) electrons. The smallest absolute Gasteiger partial charge is 0.264 e. The van der Waals surface area contributed by atoms with Crippen molar-refractivity contribution in [1.29, 1.82) is 0 Å². The molecule has 0 aromatic heterocycles. The van der Waals surface area contributed by atoms with Crippen molar-refractivity contribution in [2.24, 2.45) is 5.92 Å². The number of nitrogens with one attached hydrogen (secondary N) is 1. The first-order chi connectivity index (χ1) is 23.3. The zero-order valence-electron chi connectivity index (χ0n) is 28.8. The van der Waals surface area contributed by atoms with E-state index in [4.69, 9.17) is 9.47 Å². The number of hydrogen-bond donors (Lipinski definition) is 1. The Morgan fingerprint density at radius 2 is 1.45 bits per heavy atom. The third-order valence-electron chi connectivity index (χ3n) is 7.94. The van der Waals surface area contributed by atoms with Gasteiger partial charge in [0.2, 0.25) is 11.8 Å². The minimum Gasteiger partial charge on any atom is -0.493 e. The molecule has 4 aromatic carbocycles. The molecule has 0 saturated carbocycles. The van der Waals surface area contributed by atoms with Crippen molar-refractivity contribution < 1.29 is 31.9 Å². The molecular formula is C38H44FN3O6S. The lowest BCUT2D eigenvalue weighted by molar-refractivity contribution is -0.140. The molecule has 0 fully saturated rings. The van der Waals surface area contributed by atoms with Crippen LogP contribution in [0.5, 0.6) is 11.5 Å². The van der Waals surface area contributed by atoms with Crippen LogP contribution in [0.2, 0.25) is 0 Å². The summed E-state index contributed by atoms with van der Waals surface area (Å²) in [7, 11) is -1.52. The Morgan fingerprint density at radius 3 is 2.04 bits per heavy atom. The van der Waals surface area contributed by atoms with Crippen LogP contribution in [0.3, 0.4) is 0 Å². The fourth-order valence-corrected chi connectivity index (χ4v) is 6.90. The van der Waals surface area contributed by atoms with Gasteiger partial charge in [-0.25, -0.2) is 12.8 Å². The molecule has 0 saturated heterocycles. The Bertz CT molecular complexity index is 1830. The van der Waals surface area contributed by atoms with E-state index in [1.165, 1.54) is 49.5 Å². The highest BCUT2D eigenvalue weighted by molar-refractivity contribution is 7.92. The molecular weight excluding hydrogens is 645 g/mol. The van der Waals surface area contributed by atoms with Crippen LogP contribution in [0.15, 0.2) is 95.9 Å². The molecule has 49 heavy (non-hydrogen) atoms. The second kappa shape index (κ2) is 16.5. The van der Waals surface area contributed by atoms with Crippen LogP contribution < -0.4 is 19.1 Å². The number of sulfonamides is 1. The van der Waals surface area contributed by atoms with E-state index in [0.29, 0.717) is 17.9 Å². The van der Waals surface area contributed by atoms with E-state index in [9.17, 15) is 22.4 Å². The van der Waals surface area contributed by atoms with Crippen molar-refractivity contribution in [2.75, 3.05) is 31.6 Å². The lowest BCUT2D eigenvalue weighted by Gasteiger charge is -2.34. The van der Waals surface area contributed by atoms with E-state index in [2.05, 4.69) is 5.32 Å². The molecule has 0 unspecified atom stereocenters. The number of methoxy groups -OCH3 is 2. The average Bonchev–Trinajstić information content (AvgIpc) is 3.07. The number of benzene rings is 4. The Hall–Kier alpha value is -4.90. The van der Waals surface area contributed by atoms with Crippen molar-refractivity contribution in [2.45, 2.75) is 51.6 Å². The molecule has 0 heterocycles. The summed E-state index contributed by atoms with van der Waals surface area (Å²) in [6, 6.07) is 23.5. The van der Waals surface area contributed by atoms with Gasteiger partial charge in [0.05, 0.1) is 24.8 Å². The number of halogens is 1. The minimum atomic E-state index is -4.38. The SMILES string of the molecule is COc1ccc(S(=O)(=O)N(CC(=O)N(Cc2ccc(F)cc2)[C@H](Cc2ccccc2)C(=O)NCC(C)C)c2cc(C)cc(C)c2)cc1OC. The largest absolute Gasteiger partial charge is 0.493 e. The van der Waals surface area contributed by atoms with Crippen LogP contribution in [0.1, 0.15) is 36.1 Å². The molecule has 4 rings (SSSR count). The molecule has 0 aliphatic rings. The average molecular weight is 690 g/mol. The number of rotatable bonds is 15. The second-order valence-electron chi connectivity index (χ2n) is 12.4. The van der Waals surface area contributed by atoms with Gasteiger partial charge in [0.15, 0.2) is 11.5 Å². The summed E-state index contributed by atoms with van der Waals surface area (Å²) in [6.45, 7) is 7.31. The lowest BCUT2D eigenvalue weighted by atomic mass is 10.0. The van der Waals surface area contributed by atoms with Gasteiger partial charge in [0.25, 0.3) is 10.0 Å². The van der Waals surface area contributed by atoms with Gasteiger partial charge < -0.3 is 19.7 Å². The minimum absolute atomic E-state index is 0.0667. The van der Waals surface area contributed by atoms with Crippen LogP contribution >= 0.6 is 0 Å². The number of carbonyl (C=O) groups is 2. The Balaban J connectivity index is 1.84. The molecule has 0 aliphatic heterocycles. The maximum absolute atomic E-state index is 14.7. The van der Waals surface area contributed by atoms with E-state index in [-0.39, 0.29) is 41.1 Å². The third-order valence-corrected chi connectivity index (χ3v) is 9.71. The van der Waals surface area contributed by atoms with E-state index < -0.39 is 34.3 Å². The first kappa shape index (κ1) is 36.9.